The number of piperazine rings is 1. The molecule has 2 N–H and O–H groups in total. The number of imidazole rings is 1. The lowest BCUT2D eigenvalue weighted by Gasteiger charge is -2.41. The zero-order valence-corrected chi connectivity index (χ0v) is 21.2. The average Bonchev–Trinajstić information content (AvgIpc) is 3.61. The predicted octanol–water partition coefficient (Wildman–Crippen LogP) is 3.59. The van der Waals surface area contributed by atoms with Crippen molar-refractivity contribution in [3.05, 3.63) is 34.2 Å². The van der Waals surface area contributed by atoms with Crippen molar-refractivity contribution in [1.82, 2.24) is 19.2 Å². The second-order valence-electron chi connectivity index (χ2n) is 9.74. The van der Waals surface area contributed by atoms with Gasteiger partial charge in [-0.05, 0) is 56.1 Å². The SMILES string of the molecule is O=C(c1nc2c(C(F)(F)F)cc(C3CC3)cn2c1Cl)N1CCN(C2CCC(OP(=O)(O)O)CC2)C(=O)C1. The molecule has 3 aliphatic rings. The summed E-state index contributed by atoms with van der Waals surface area (Å²) in [6, 6.07) is 0.905. The number of phosphoric acid groups is 1. The molecule has 2 saturated carbocycles. The van der Waals surface area contributed by atoms with Crippen molar-refractivity contribution < 1.29 is 41.6 Å². The van der Waals surface area contributed by atoms with Crippen LogP contribution in [0, 0.1) is 0 Å². The van der Waals surface area contributed by atoms with E-state index in [0.29, 0.717) is 31.2 Å². The van der Waals surface area contributed by atoms with Crippen LogP contribution in [0.3, 0.4) is 0 Å². The Labute approximate surface area is 214 Å². The van der Waals surface area contributed by atoms with Crippen LogP contribution in [0.4, 0.5) is 13.2 Å². The minimum atomic E-state index is -4.68. The van der Waals surface area contributed by atoms with Gasteiger partial charge in [0.2, 0.25) is 5.91 Å². The molecule has 0 aromatic carbocycles. The molecule has 2 aromatic heterocycles. The van der Waals surface area contributed by atoms with Crippen LogP contribution in [0.5, 0.6) is 0 Å². The first kappa shape index (κ1) is 26.4. The number of nitrogens with zero attached hydrogens (tertiary/aromatic N) is 4. The minimum absolute atomic E-state index is 0.0206. The van der Waals surface area contributed by atoms with Gasteiger partial charge in [0.15, 0.2) is 11.3 Å². The van der Waals surface area contributed by atoms with Crippen LogP contribution in [-0.4, -0.2) is 72.6 Å². The average molecular weight is 565 g/mol. The molecule has 3 heterocycles. The third kappa shape index (κ3) is 5.51. The fourth-order valence-corrected chi connectivity index (χ4v) is 6.03. The Bertz CT molecular complexity index is 1290. The molecule has 5 rings (SSSR count). The Balaban J connectivity index is 1.30. The molecule has 3 fully saturated rings. The van der Waals surface area contributed by atoms with E-state index >= 15 is 0 Å². The lowest BCUT2D eigenvalue weighted by atomic mass is 9.91. The van der Waals surface area contributed by atoms with E-state index in [1.807, 2.05) is 0 Å². The Morgan fingerprint density at radius 2 is 1.81 bits per heavy atom. The fourth-order valence-electron chi connectivity index (χ4n) is 5.18. The number of halogens is 4. The van der Waals surface area contributed by atoms with Gasteiger partial charge in [-0.3, -0.25) is 18.5 Å². The zero-order chi connectivity index (χ0) is 26.7. The molecule has 37 heavy (non-hydrogen) atoms. The van der Waals surface area contributed by atoms with Gasteiger partial charge >= 0.3 is 14.0 Å². The number of alkyl halides is 3. The lowest BCUT2D eigenvalue weighted by Crippen LogP contribution is -2.56. The highest BCUT2D eigenvalue weighted by atomic mass is 35.5. The van der Waals surface area contributed by atoms with E-state index in [-0.39, 0.29) is 48.3 Å². The van der Waals surface area contributed by atoms with Crippen molar-refractivity contribution in [2.45, 2.75) is 62.8 Å². The summed E-state index contributed by atoms with van der Waals surface area (Å²) in [6.45, 7) is 0.0818. The topological polar surface area (TPSA) is 125 Å². The molecule has 15 heteroatoms. The smallest absolute Gasteiger partial charge is 0.336 e. The maximum atomic E-state index is 13.8. The summed E-state index contributed by atoms with van der Waals surface area (Å²) in [5, 5.41) is -0.230. The highest BCUT2D eigenvalue weighted by Crippen LogP contribution is 2.44. The van der Waals surface area contributed by atoms with Crippen molar-refractivity contribution in [2.75, 3.05) is 19.6 Å². The van der Waals surface area contributed by atoms with Gasteiger partial charge in [0, 0.05) is 25.3 Å². The summed E-state index contributed by atoms with van der Waals surface area (Å²) in [7, 11) is -4.59. The number of fused-ring (bicyclic) bond motifs is 1. The van der Waals surface area contributed by atoms with E-state index in [0.717, 1.165) is 23.3 Å². The number of amides is 2. The third-order valence-electron chi connectivity index (χ3n) is 7.15. The molecule has 0 unspecified atom stereocenters. The minimum Gasteiger partial charge on any atom is -0.336 e. The van der Waals surface area contributed by atoms with Crippen LogP contribution in [0.15, 0.2) is 12.3 Å². The number of hydrogen-bond acceptors (Lipinski definition) is 5. The zero-order valence-electron chi connectivity index (χ0n) is 19.5. The van der Waals surface area contributed by atoms with Gasteiger partial charge in [-0.1, -0.05) is 11.6 Å². The molecule has 2 aromatic rings. The predicted molar refractivity (Wildman–Crippen MR) is 124 cm³/mol. The molecule has 10 nitrogen and oxygen atoms in total. The number of pyridine rings is 1. The quantitative estimate of drug-likeness (QED) is 0.532. The standard InChI is InChI=1S/C22H25ClF3N4O6P/c23-19-18(27-20-16(22(24,25)26)9-13(10-30(19)20)12-1-2-12)21(32)28-7-8-29(17(31)11-28)14-3-5-15(6-4-14)36-37(33,34)35/h9-10,12,14-15H,1-8,11H2,(H2,33,34,35). The lowest BCUT2D eigenvalue weighted by molar-refractivity contribution is -0.139. The first-order valence-electron chi connectivity index (χ1n) is 11.9. The van der Waals surface area contributed by atoms with E-state index in [2.05, 4.69) is 4.98 Å². The summed E-state index contributed by atoms with van der Waals surface area (Å²) in [4.78, 5) is 50.9. The molecule has 1 aliphatic heterocycles. The number of hydrogen-bond donors (Lipinski definition) is 2. The summed E-state index contributed by atoms with van der Waals surface area (Å²) >= 11 is 6.36. The van der Waals surface area contributed by atoms with Crippen molar-refractivity contribution in [2.24, 2.45) is 0 Å². The van der Waals surface area contributed by atoms with E-state index in [4.69, 9.17) is 25.9 Å². The van der Waals surface area contributed by atoms with Crippen LogP contribution in [0.2, 0.25) is 5.15 Å². The summed E-state index contributed by atoms with van der Waals surface area (Å²) in [6.07, 6.45) is -0.473. The van der Waals surface area contributed by atoms with Crippen LogP contribution in [0.1, 0.15) is 66.1 Å². The number of phosphoric ester groups is 1. The first-order valence-corrected chi connectivity index (χ1v) is 13.8. The van der Waals surface area contributed by atoms with E-state index in [1.165, 1.54) is 11.1 Å². The Morgan fingerprint density at radius 1 is 1.14 bits per heavy atom. The van der Waals surface area contributed by atoms with Gasteiger partial charge in [-0.25, -0.2) is 9.55 Å². The summed E-state index contributed by atoms with van der Waals surface area (Å²) in [5.74, 6) is -1.03. The molecule has 1 saturated heterocycles. The second-order valence-corrected chi connectivity index (χ2v) is 11.3. The molecule has 2 amide bonds. The van der Waals surface area contributed by atoms with Crippen molar-refractivity contribution in [3.63, 3.8) is 0 Å². The van der Waals surface area contributed by atoms with Crippen LogP contribution >= 0.6 is 19.4 Å². The van der Waals surface area contributed by atoms with Crippen molar-refractivity contribution in [1.29, 1.82) is 0 Å². The van der Waals surface area contributed by atoms with Crippen LogP contribution < -0.4 is 0 Å². The Kier molecular flexibility index (Phi) is 6.81. The molecule has 202 valence electrons. The van der Waals surface area contributed by atoms with Gasteiger partial charge in [-0.15, -0.1) is 0 Å². The summed E-state index contributed by atoms with van der Waals surface area (Å²) in [5.41, 5.74) is -1.26. The van der Waals surface area contributed by atoms with E-state index < -0.39 is 37.2 Å². The van der Waals surface area contributed by atoms with Crippen molar-refractivity contribution in [3.8, 4) is 0 Å². The third-order valence-corrected chi connectivity index (χ3v) is 8.09. The number of carbonyl (C=O) groups excluding carboxylic acids is 2. The first-order chi connectivity index (χ1) is 17.3. The molecule has 0 atom stereocenters. The highest BCUT2D eigenvalue weighted by Gasteiger charge is 2.40. The molecule has 2 aliphatic carbocycles. The van der Waals surface area contributed by atoms with Gasteiger partial charge in [0.05, 0.1) is 11.7 Å². The monoisotopic (exact) mass is 564 g/mol. The molecule has 0 spiro atoms. The van der Waals surface area contributed by atoms with E-state index in [1.54, 1.807) is 4.90 Å². The molecular formula is C22H25ClF3N4O6P. The van der Waals surface area contributed by atoms with Crippen LogP contribution in [-0.2, 0) is 20.1 Å². The Hall–Kier alpha value is -2.18. The van der Waals surface area contributed by atoms with Gasteiger partial charge < -0.3 is 19.6 Å². The highest BCUT2D eigenvalue weighted by molar-refractivity contribution is 7.46. The Morgan fingerprint density at radius 3 is 2.38 bits per heavy atom. The normalized spacial score (nSPS) is 23.7. The summed E-state index contributed by atoms with van der Waals surface area (Å²) < 4.78 is 58.2. The molecular weight excluding hydrogens is 540 g/mol. The number of aromatic nitrogens is 2. The van der Waals surface area contributed by atoms with Crippen LogP contribution in [0.25, 0.3) is 5.65 Å². The fraction of sp³-hybridized carbons (Fsp3) is 0.591. The number of rotatable bonds is 5. The molecule has 0 radical (unpaired) electrons. The largest absolute Gasteiger partial charge is 0.469 e. The number of carbonyl (C=O) groups is 2. The van der Waals surface area contributed by atoms with Gasteiger partial charge in [-0.2, -0.15) is 13.2 Å². The maximum Gasteiger partial charge on any atom is 0.469 e. The van der Waals surface area contributed by atoms with Gasteiger partial charge in [0.1, 0.15) is 11.7 Å². The van der Waals surface area contributed by atoms with Gasteiger partial charge in [0.25, 0.3) is 5.91 Å². The second kappa shape index (κ2) is 9.53. The van der Waals surface area contributed by atoms with E-state index in [9.17, 15) is 27.3 Å². The molecule has 0 bridgehead atoms. The van der Waals surface area contributed by atoms with Crippen molar-refractivity contribution >= 4 is 36.9 Å². The maximum absolute atomic E-state index is 13.8.